The number of carbonyl (C=O) groups excluding carboxylic acids is 2. The smallest absolute Gasteiger partial charge is 0.340 e. The van der Waals surface area contributed by atoms with Crippen molar-refractivity contribution in [3.8, 4) is 0 Å². The second-order valence-corrected chi connectivity index (χ2v) is 6.91. The van der Waals surface area contributed by atoms with E-state index in [0.29, 0.717) is 29.3 Å². The summed E-state index contributed by atoms with van der Waals surface area (Å²) in [5.41, 5.74) is 2.73. The van der Waals surface area contributed by atoms with Crippen LogP contribution in [-0.4, -0.2) is 18.4 Å². The van der Waals surface area contributed by atoms with Crippen molar-refractivity contribution >= 4 is 17.4 Å². The van der Waals surface area contributed by atoms with Gasteiger partial charge in [0.1, 0.15) is 5.76 Å². The molecular formula is C24H25NO4. The molecule has 150 valence electrons. The minimum atomic E-state index is -0.544. The van der Waals surface area contributed by atoms with Gasteiger partial charge in [0.15, 0.2) is 12.4 Å². The zero-order valence-corrected chi connectivity index (χ0v) is 16.7. The van der Waals surface area contributed by atoms with Gasteiger partial charge < -0.3 is 14.5 Å². The number of nitrogens with one attached hydrogen (secondary N) is 1. The Morgan fingerprint density at radius 2 is 1.79 bits per heavy atom. The summed E-state index contributed by atoms with van der Waals surface area (Å²) in [5, 5.41) is 3.16. The number of benzene rings is 2. The number of hydrogen-bond donors (Lipinski definition) is 1. The first-order chi connectivity index (χ1) is 14.1. The Balaban J connectivity index is 1.59. The van der Waals surface area contributed by atoms with Gasteiger partial charge in [0.25, 0.3) is 0 Å². The zero-order chi connectivity index (χ0) is 20.6. The van der Waals surface area contributed by atoms with Gasteiger partial charge in [0.05, 0.1) is 18.4 Å². The molecule has 0 radical (unpaired) electrons. The number of carbonyl (C=O) groups is 2. The van der Waals surface area contributed by atoms with Crippen LogP contribution < -0.4 is 5.32 Å². The molecule has 2 aromatic carbocycles. The van der Waals surface area contributed by atoms with Crippen LogP contribution in [0.25, 0.3) is 0 Å². The van der Waals surface area contributed by atoms with Crippen LogP contribution in [-0.2, 0) is 11.3 Å². The molecule has 5 nitrogen and oxygen atoms in total. The maximum absolute atomic E-state index is 12.5. The number of para-hydroxylation sites is 1. The number of ether oxygens (including phenoxy) is 1. The molecule has 0 bridgehead atoms. The van der Waals surface area contributed by atoms with Gasteiger partial charge in [-0.2, -0.15) is 0 Å². The highest BCUT2D eigenvalue weighted by Gasteiger charge is 2.15. The molecule has 0 amide bonds. The maximum atomic E-state index is 12.5. The Labute approximate surface area is 170 Å². The van der Waals surface area contributed by atoms with E-state index in [1.807, 2.05) is 24.3 Å². The van der Waals surface area contributed by atoms with Crippen LogP contribution in [0.1, 0.15) is 58.2 Å². The highest BCUT2D eigenvalue weighted by Crippen LogP contribution is 2.20. The summed E-state index contributed by atoms with van der Waals surface area (Å²) in [5.74, 6) is 0.429. The average molecular weight is 391 g/mol. The van der Waals surface area contributed by atoms with E-state index in [-0.39, 0.29) is 12.4 Å². The summed E-state index contributed by atoms with van der Waals surface area (Å²) in [6.07, 6.45) is 2.64. The largest absolute Gasteiger partial charge is 0.467 e. The van der Waals surface area contributed by atoms with Gasteiger partial charge in [-0.3, -0.25) is 4.79 Å². The molecule has 1 heterocycles. The fraction of sp³-hybridized carbons (Fsp3) is 0.250. The van der Waals surface area contributed by atoms with Crippen molar-refractivity contribution in [1.29, 1.82) is 0 Å². The van der Waals surface area contributed by atoms with Crippen molar-refractivity contribution < 1.29 is 18.7 Å². The predicted octanol–water partition coefficient (Wildman–Crippen LogP) is 5.44. The first-order valence-corrected chi connectivity index (χ1v) is 9.74. The topological polar surface area (TPSA) is 68.5 Å². The van der Waals surface area contributed by atoms with E-state index in [1.165, 1.54) is 5.56 Å². The standard InChI is InChI=1S/C24H25NO4/c1-3-17(2)18-10-12-19(13-11-18)23(26)16-29-24(27)21-8-4-5-9-22(21)25-15-20-7-6-14-28-20/h4-14,17,25H,3,15-16H2,1-2H3/t17-/m1/s1. The Morgan fingerprint density at radius 1 is 1.03 bits per heavy atom. The van der Waals surface area contributed by atoms with Crippen LogP contribution in [0.4, 0.5) is 5.69 Å². The van der Waals surface area contributed by atoms with Crippen molar-refractivity contribution in [1.82, 2.24) is 0 Å². The third kappa shape index (κ3) is 5.35. The van der Waals surface area contributed by atoms with Crippen LogP contribution in [0.2, 0.25) is 0 Å². The quantitative estimate of drug-likeness (QED) is 0.388. The normalized spacial score (nSPS) is 11.7. The Bertz CT molecular complexity index is 945. The van der Waals surface area contributed by atoms with Crippen LogP contribution in [0.3, 0.4) is 0 Å². The monoisotopic (exact) mass is 391 g/mol. The summed E-state index contributed by atoms with van der Waals surface area (Å²) >= 11 is 0. The minimum Gasteiger partial charge on any atom is -0.467 e. The molecule has 29 heavy (non-hydrogen) atoms. The van der Waals surface area contributed by atoms with Crippen molar-refractivity contribution in [3.63, 3.8) is 0 Å². The van der Waals surface area contributed by atoms with Gasteiger partial charge in [-0.25, -0.2) is 4.79 Å². The molecule has 0 spiro atoms. The lowest BCUT2D eigenvalue weighted by Gasteiger charge is -2.11. The van der Waals surface area contributed by atoms with Crippen molar-refractivity contribution in [3.05, 3.63) is 89.4 Å². The fourth-order valence-corrected chi connectivity index (χ4v) is 2.94. The van der Waals surface area contributed by atoms with E-state index < -0.39 is 5.97 Å². The maximum Gasteiger partial charge on any atom is 0.340 e. The first kappa shape index (κ1) is 20.4. The predicted molar refractivity (Wildman–Crippen MR) is 112 cm³/mol. The van der Waals surface area contributed by atoms with Crippen LogP contribution in [0.5, 0.6) is 0 Å². The van der Waals surface area contributed by atoms with E-state index in [0.717, 1.165) is 12.2 Å². The molecule has 0 saturated heterocycles. The van der Waals surface area contributed by atoms with Gasteiger partial charge >= 0.3 is 5.97 Å². The number of furan rings is 1. The number of esters is 1. The van der Waals surface area contributed by atoms with Gasteiger partial charge in [-0.15, -0.1) is 0 Å². The molecule has 1 aromatic heterocycles. The average Bonchev–Trinajstić information content (AvgIpc) is 3.29. The zero-order valence-electron chi connectivity index (χ0n) is 16.7. The number of ketones is 1. The molecule has 1 atom stereocenters. The number of hydrogen-bond acceptors (Lipinski definition) is 5. The summed E-state index contributed by atoms with van der Waals surface area (Å²) < 4.78 is 10.6. The SMILES string of the molecule is CC[C@@H](C)c1ccc(C(=O)COC(=O)c2ccccc2NCc2ccco2)cc1. The third-order valence-electron chi connectivity index (χ3n) is 4.93. The summed E-state index contributed by atoms with van der Waals surface area (Å²) in [6.45, 7) is 4.42. The molecule has 1 N–H and O–H groups in total. The van der Waals surface area contributed by atoms with Gasteiger partial charge in [0, 0.05) is 11.3 Å². The molecule has 0 saturated carbocycles. The van der Waals surface area contributed by atoms with Gasteiger partial charge in [0.2, 0.25) is 0 Å². The van der Waals surface area contributed by atoms with E-state index in [2.05, 4.69) is 19.2 Å². The highest BCUT2D eigenvalue weighted by molar-refractivity contribution is 6.00. The van der Waals surface area contributed by atoms with E-state index in [9.17, 15) is 9.59 Å². The van der Waals surface area contributed by atoms with Crippen LogP contribution in [0, 0.1) is 0 Å². The lowest BCUT2D eigenvalue weighted by molar-refractivity contribution is 0.0475. The molecule has 0 aliphatic heterocycles. The molecule has 0 fully saturated rings. The molecule has 0 aliphatic rings. The number of anilines is 1. The highest BCUT2D eigenvalue weighted by atomic mass is 16.5. The second kappa shape index (κ2) is 9.73. The first-order valence-electron chi connectivity index (χ1n) is 9.74. The lowest BCUT2D eigenvalue weighted by atomic mass is 9.97. The van der Waals surface area contributed by atoms with Crippen molar-refractivity contribution in [2.75, 3.05) is 11.9 Å². The second-order valence-electron chi connectivity index (χ2n) is 6.91. The van der Waals surface area contributed by atoms with Crippen LogP contribution >= 0.6 is 0 Å². The molecule has 5 heteroatoms. The fourth-order valence-electron chi connectivity index (χ4n) is 2.94. The number of rotatable bonds is 9. The van der Waals surface area contributed by atoms with E-state index >= 15 is 0 Å². The Morgan fingerprint density at radius 3 is 2.48 bits per heavy atom. The minimum absolute atomic E-state index is 0.227. The molecule has 3 aromatic rings. The van der Waals surface area contributed by atoms with Gasteiger partial charge in [-0.1, -0.05) is 50.2 Å². The van der Waals surface area contributed by atoms with Crippen molar-refractivity contribution in [2.24, 2.45) is 0 Å². The van der Waals surface area contributed by atoms with Crippen molar-refractivity contribution in [2.45, 2.75) is 32.7 Å². The molecular weight excluding hydrogens is 366 g/mol. The third-order valence-corrected chi connectivity index (χ3v) is 4.93. The van der Waals surface area contributed by atoms with E-state index in [1.54, 1.807) is 42.7 Å². The number of Topliss-reactive ketones (excluding diaryl/α,β-unsaturated/α-hetero) is 1. The summed E-state index contributed by atoms with van der Waals surface area (Å²) in [7, 11) is 0. The lowest BCUT2D eigenvalue weighted by Crippen LogP contribution is -2.16. The molecule has 0 unspecified atom stereocenters. The van der Waals surface area contributed by atoms with E-state index in [4.69, 9.17) is 9.15 Å². The van der Waals surface area contributed by atoms with Gasteiger partial charge in [-0.05, 0) is 42.2 Å². The molecule has 3 rings (SSSR count). The Kier molecular flexibility index (Phi) is 6.85. The van der Waals surface area contributed by atoms with Crippen LogP contribution in [0.15, 0.2) is 71.3 Å². The summed E-state index contributed by atoms with van der Waals surface area (Å²) in [6, 6.07) is 18.2. The molecule has 0 aliphatic carbocycles. The Hall–Kier alpha value is -3.34. The summed E-state index contributed by atoms with van der Waals surface area (Å²) in [4.78, 5) is 24.9.